The van der Waals surface area contributed by atoms with Crippen molar-refractivity contribution >= 4 is 11.7 Å². The highest BCUT2D eigenvalue weighted by Gasteiger charge is 2.23. The second-order valence-corrected chi connectivity index (χ2v) is 7.48. The SMILES string of the molecule is O=C(c1ccc(-c2ccccc2)cc1)N1CCN(c2ccc(-c3ccco3)nn2)CC1. The molecule has 6 nitrogen and oxygen atoms in total. The fourth-order valence-corrected chi connectivity index (χ4v) is 3.81. The van der Waals surface area contributed by atoms with Crippen LogP contribution in [0.5, 0.6) is 0 Å². The van der Waals surface area contributed by atoms with Crippen molar-refractivity contribution in [2.75, 3.05) is 31.1 Å². The van der Waals surface area contributed by atoms with Crippen LogP contribution < -0.4 is 4.90 Å². The molecule has 4 aromatic rings. The maximum atomic E-state index is 12.9. The third-order valence-corrected chi connectivity index (χ3v) is 5.55. The molecule has 0 radical (unpaired) electrons. The normalized spacial score (nSPS) is 13.9. The number of hydrogen-bond donors (Lipinski definition) is 0. The third-order valence-electron chi connectivity index (χ3n) is 5.55. The van der Waals surface area contributed by atoms with Gasteiger partial charge in [-0.05, 0) is 47.5 Å². The topological polar surface area (TPSA) is 62.5 Å². The van der Waals surface area contributed by atoms with Gasteiger partial charge in [0.1, 0.15) is 5.69 Å². The minimum atomic E-state index is 0.0681. The second-order valence-electron chi connectivity index (χ2n) is 7.48. The van der Waals surface area contributed by atoms with Crippen LogP contribution in [0, 0.1) is 0 Å². The Bertz CT molecular complexity index is 1130. The lowest BCUT2D eigenvalue weighted by Gasteiger charge is -2.35. The molecule has 2 aromatic heterocycles. The van der Waals surface area contributed by atoms with Crippen molar-refractivity contribution in [2.24, 2.45) is 0 Å². The first-order chi connectivity index (χ1) is 15.3. The highest BCUT2D eigenvalue weighted by atomic mass is 16.3. The van der Waals surface area contributed by atoms with Gasteiger partial charge in [-0.15, -0.1) is 10.2 Å². The van der Waals surface area contributed by atoms with Crippen molar-refractivity contribution < 1.29 is 9.21 Å². The number of furan rings is 1. The first-order valence-corrected chi connectivity index (χ1v) is 10.4. The summed E-state index contributed by atoms with van der Waals surface area (Å²) >= 11 is 0. The predicted octanol–water partition coefficient (Wildman–Crippen LogP) is 4.37. The van der Waals surface area contributed by atoms with Gasteiger partial charge in [-0.3, -0.25) is 4.79 Å². The van der Waals surface area contributed by atoms with Gasteiger partial charge in [-0.1, -0.05) is 42.5 Å². The largest absolute Gasteiger partial charge is 0.463 e. The Morgan fingerprint density at radius 2 is 1.48 bits per heavy atom. The van der Waals surface area contributed by atoms with E-state index in [1.165, 1.54) is 0 Å². The average Bonchev–Trinajstić information content (AvgIpc) is 3.40. The van der Waals surface area contributed by atoms with E-state index in [0.29, 0.717) is 24.5 Å². The summed E-state index contributed by atoms with van der Waals surface area (Å²) in [7, 11) is 0. The summed E-state index contributed by atoms with van der Waals surface area (Å²) in [6.45, 7) is 2.76. The van der Waals surface area contributed by atoms with E-state index in [1.54, 1.807) is 6.26 Å². The van der Waals surface area contributed by atoms with Crippen molar-refractivity contribution in [2.45, 2.75) is 0 Å². The summed E-state index contributed by atoms with van der Waals surface area (Å²) in [5.41, 5.74) is 3.69. The quantitative estimate of drug-likeness (QED) is 0.500. The zero-order valence-corrected chi connectivity index (χ0v) is 17.0. The van der Waals surface area contributed by atoms with Crippen molar-refractivity contribution in [3.8, 4) is 22.6 Å². The minimum Gasteiger partial charge on any atom is -0.463 e. The van der Waals surface area contributed by atoms with Crippen molar-refractivity contribution in [1.82, 2.24) is 15.1 Å². The van der Waals surface area contributed by atoms with Crippen LogP contribution in [0.15, 0.2) is 89.5 Å². The maximum absolute atomic E-state index is 12.9. The number of anilines is 1. The molecule has 0 unspecified atom stereocenters. The summed E-state index contributed by atoms with van der Waals surface area (Å²) < 4.78 is 5.36. The number of carbonyl (C=O) groups is 1. The number of benzene rings is 2. The summed E-state index contributed by atoms with van der Waals surface area (Å²) in [6, 6.07) is 25.6. The van der Waals surface area contributed by atoms with E-state index >= 15 is 0 Å². The molecule has 6 heteroatoms. The molecular formula is C25H22N4O2. The summed E-state index contributed by atoms with van der Waals surface area (Å²) in [4.78, 5) is 17.0. The van der Waals surface area contributed by atoms with Crippen LogP contribution in [-0.4, -0.2) is 47.2 Å². The fraction of sp³-hybridized carbons (Fsp3) is 0.160. The molecule has 1 amide bonds. The third kappa shape index (κ3) is 4.05. The Morgan fingerprint density at radius 3 is 2.13 bits per heavy atom. The number of hydrogen-bond acceptors (Lipinski definition) is 5. The van der Waals surface area contributed by atoms with Gasteiger partial charge in [0.15, 0.2) is 11.6 Å². The maximum Gasteiger partial charge on any atom is 0.253 e. The van der Waals surface area contributed by atoms with E-state index in [2.05, 4.69) is 27.2 Å². The Kier molecular flexibility index (Phi) is 5.19. The molecule has 0 N–H and O–H groups in total. The highest BCUT2D eigenvalue weighted by Crippen LogP contribution is 2.22. The van der Waals surface area contributed by atoms with Gasteiger partial charge in [-0.25, -0.2) is 0 Å². The zero-order valence-electron chi connectivity index (χ0n) is 17.0. The van der Waals surface area contributed by atoms with Gasteiger partial charge >= 0.3 is 0 Å². The Morgan fingerprint density at radius 1 is 0.742 bits per heavy atom. The van der Waals surface area contributed by atoms with Gasteiger partial charge in [0, 0.05) is 31.7 Å². The van der Waals surface area contributed by atoms with Crippen LogP contribution >= 0.6 is 0 Å². The van der Waals surface area contributed by atoms with Crippen LogP contribution in [0.25, 0.3) is 22.6 Å². The highest BCUT2D eigenvalue weighted by molar-refractivity contribution is 5.95. The van der Waals surface area contributed by atoms with E-state index in [9.17, 15) is 4.79 Å². The van der Waals surface area contributed by atoms with Gasteiger partial charge in [0.2, 0.25) is 0 Å². The summed E-state index contributed by atoms with van der Waals surface area (Å²) in [6.07, 6.45) is 1.62. The number of rotatable bonds is 4. The van der Waals surface area contributed by atoms with Gasteiger partial charge in [0.25, 0.3) is 5.91 Å². The number of aromatic nitrogens is 2. The monoisotopic (exact) mass is 410 g/mol. The fourth-order valence-electron chi connectivity index (χ4n) is 3.81. The number of piperazine rings is 1. The molecule has 3 heterocycles. The van der Waals surface area contributed by atoms with E-state index < -0.39 is 0 Å². The molecule has 0 atom stereocenters. The van der Waals surface area contributed by atoms with Gasteiger partial charge in [0.05, 0.1) is 6.26 Å². The molecule has 1 aliphatic heterocycles. The van der Waals surface area contributed by atoms with E-state index in [4.69, 9.17) is 4.42 Å². The number of carbonyl (C=O) groups excluding carboxylic acids is 1. The average molecular weight is 410 g/mol. The standard InChI is InChI=1S/C25H22N4O2/c30-25(21-10-8-20(9-11-21)19-5-2-1-3-6-19)29-16-14-28(15-17-29)24-13-12-22(26-27-24)23-7-4-18-31-23/h1-13,18H,14-17H2. The number of nitrogens with zero attached hydrogens (tertiary/aromatic N) is 4. The molecule has 1 fully saturated rings. The molecule has 1 saturated heterocycles. The van der Waals surface area contributed by atoms with Crippen molar-refractivity contribution in [3.05, 3.63) is 90.7 Å². The first-order valence-electron chi connectivity index (χ1n) is 10.4. The molecule has 2 aromatic carbocycles. The van der Waals surface area contributed by atoms with Crippen LogP contribution in [-0.2, 0) is 0 Å². The molecule has 0 bridgehead atoms. The Labute approximate surface area is 180 Å². The lowest BCUT2D eigenvalue weighted by molar-refractivity contribution is 0.0746. The molecule has 154 valence electrons. The van der Waals surface area contributed by atoms with E-state index in [-0.39, 0.29) is 5.91 Å². The van der Waals surface area contributed by atoms with E-state index in [0.717, 1.165) is 35.6 Å². The molecule has 31 heavy (non-hydrogen) atoms. The van der Waals surface area contributed by atoms with Crippen LogP contribution in [0.2, 0.25) is 0 Å². The van der Waals surface area contributed by atoms with Crippen LogP contribution in [0.1, 0.15) is 10.4 Å². The van der Waals surface area contributed by atoms with Gasteiger partial charge < -0.3 is 14.2 Å². The second kappa shape index (κ2) is 8.44. The van der Waals surface area contributed by atoms with Crippen LogP contribution in [0.4, 0.5) is 5.82 Å². The van der Waals surface area contributed by atoms with Crippen molar-refractivity contribution in [1.29, 1.82) is 0 Å². The molecule has 5 rings (SSSR count). The Hall–Kier alpha value is -3.93. The first kappa shape index (κ1) is 19.1. The predicted molar refractivity (Wildman–Crippen MR) is 120 cm³/mol. The molecule has 0 saturated carbocycles. The molecule has 1 aliphatic rings. The summed E-state index contributed by atoms with van der Waals surface area (Å²) in [5.74, 6) is 1.58. The lowest BCUT2D eigenvalue weighted by Crippen LogP contribution is -2.49. The Balaban J connectivity index is 1.21. The zero-order chi connectivity index (χ0) is 21.0. The molecule has 0 spiro atoms. The lowest BCUT2D eigenvalue weighted by atomic mass is 10.0. The molecular weight excluding hydrogens is 388 g/mol. The minimum absolute atomic E-state index is 0.0681. The molecule has 0 aliphatic carbocycles. The van der Waals surface area contributed by atoms with E-state index in [1.807, 2.05) is 71.6 Å². The van der Waals surface area contributed by atoms with Crippen LogP contribution in [0.3, 0.4) is 0 Å². The van der Waals surface area contributed by atoms with Crippen molar-refractivity contribution in [3.63, 3.8) is 0 Å². The van der Waals surface area contributed by atoms with Gasteiger partial charge in [-0.2, -0.15) is 0 Å². The summed E-state index contributed by atoms with van der Waals surface area (Å²) in [5, 5.41) is 8.60. The number of amides is 1. The smallest absolute Gasteiger partial charge is 0.253 e.